The van der Waals surface area contributed by atoms with Crippen molar-refractivity contribution in [2.45, 2.75) is 38.5 Å². The summed E-state index contributed by atoms with van der Waals surface area (Å²) in [4.78, 5) is 40.5. The second kappa shape index (κ2) is 8.94. The summed E-state index contributed by atoms with van der Waals surface area (Å²) in [5, 5.41) is 0. The Hall–Kier alpha value is -1.73. The molecular formula is C17H27N3O4. The largest absolute Gasteiger partial charge is 0.385 e. The highest BCUT2D eigenvalue weighted by molar-refractivity contribution is 6.44. The van der Waals surface area contributed by atoms with Gasteiger partial charge >= 0.3 is 17.8 Å². The SMILES string of the molecule is COCCCN(C)CN1C(=O)C(=O)N(CCC2=CCCCC2)C1=O. The number of ether oxygens (including phenoxy) is 1. The Morgan fingerprint density at radius 1 is 1.17 bits per heavy atom. The van der Waals surface area contributed by atoms with Crippen LogP contribution in [0.1, 0.15) is 38.5 Å². The molecule has 0 atom stereocenters. The number of amides is 4. The van der Waals surface area contributed by atoms with Gasteiger partial charge in [0.05, 0.1) is 6.67 Å². The maximum atomic E-state index is 12.4. The summed E-state index contributed by atoms with van der Waals surface area (Å²) in [6.07, 6.45) is 8.11. The zero-order valence-electron chi connectivity index (χ0n) is 14.6. The average Bonchev–Trinajstić information content (AvgIpc) is 2.78. The van der Waals surface area contributed by atoms with E-state index < -0.39 is 17.8 Å². The van der Waals surface area contributed by atoms with Crippen LogP contribution < -0.4 is 0 Å². The van der Waals surface area contributed by atoms with Crippen molar-refractivity contribution in [2.75, 3.05) is 40.5 Å². The van der Waals surface area contributed by atoms with Crippen LogP contribution >= 0.6 is 0 Å². The lowest BCUT2D eigenvalue weighted by molar-refractivity contribution is -0.143. The lowest BCUT2D eigenvalue weighted by Crippen LogP contribution is -2.41. The molecule has 4 amide bonds. The predicted molar refractivity (Wildman–Crippen MR) is 89.1 cm³/mol. The van der Waals surface area contributed by atoms with E-state index in [2.05, 4.69) is 6.08 Å². The van der Waals surface area contributed by atoms with Crippen LogP contribution in [0.4, 0.5) is 4.79 Å². The van der Waals surface area contributed by atoms with Crippen LogP contribution in [0, 0.1) is 0 Å². The van der Waals surface area contributed by atoms with Gasteiger partial charge in [-0.05, 0) is 45.6 Å². The van der Waals surface area contributed by atoms with Gasteiger partial charge in [-0.2, -0.15) is 0 Å². The number of hydrogen-bond acceptors (Lipinski definition) is 5. The van der Waals surface area contributed by atoms with Crippen LogP contribution in [0.2, 0.25) is 0 Å². The number of carbonyl (C=O) groups excluding carboxylic acids is 3. The van der Waals surface area contributed by atoms with E-state index in [4.69, 9.17) is 4.74 Å². The van der Waals surface area contributed by atoms with Crippen LogP contribution in [0.25, 0.3) is 0 Å². The van der Waals surface area contributed by atoms with Gasteiger partial charge in [-0.1, -0.05) is 11.6 Å². The Balaban J connectivity index is 1.88. The second-order valence-electron chi connectivity index (χ2n) is 6.40. The first-order valence-corrected chi connectivity index (χ1v) is 8.57. The number of carbonyl (C=O) groups is 3. The van der Waals surface area contributed by atoms with Crippen molar-refractivity contribution < 1.29 is 19.1 Å². The molecule has 7 nitrogen and oxygen atoms in total. The Labute approximate surface area is 143 Å². The Morgan fingerprint density at radius 3 is 2.58 bits per heavy atom. The van der Waals surface area contributed by atoms with Gasteiger partial charge in [0.25, 0.3) is 0 Å². The fourth-order valence-electron chi connectivity index (χ4n) is 3.05. The molecule has 0 saturated carbocycles. The van der Waals surface area contributed by atoms with Crippen molar-refractivity contribution >= 4 is 17.8 Å². The topological polar surface area (TPSA) is 70.2 Å². The summed E-state index contributed by atoms with van der Waals surface area (Å²) in [5.74, 6) is -1.43. The molecule has 0 aromatic rings. The van der Waals surface area contributed by atoms with E-state index in [1.54, 1.807) is 7.11 Å². The second-order valence-corrected chi connectivity index (χ2v) is 6.40. The molecule has 24 heavy (non-hydrogen) atoms. The van der Waals surface area contributed by atoms with E-state index in [1.165, 1.54) is 12.0 Å². The van der Waals surface area contributed by atoms with Gasteiger partial charge in [0, 0.05) is 26.8 Å². The Bertz CT molecular complexity index is 518. The number of methoxy groups -OCH3 is 1. The molecular weight excluding hydrogens is 310 g/mol. The zero-order valence-corrected chi connectivity index (χ0v) is 14.6. The third-order valence-electron chi connectivity index (χ3n) is 4.45. The van der Waals surface area contributed by atoms with Crippen LogP contribution in [0.3, 0.4) is 0 Å². The highest BCUT2D eigenvalue weighted by Gasteiger charge is 2.44. The molecule has 1 saturated heterocycles. The summed E-state index contributed by atoms with van der Waals surface area (Å²) in [7, 11) is 3.45. The minimum Gasteiger partial charge on any atom is -0.385 e. The van der Waals surface area contributed by atoms with E-state index >= 15 is 0 Å². The van der Waals surface area contributed by atoms with Crippen LogP contribution in [0.5, 0.6) is 0 Å². The minimum absolute atomic E-state index is 0.131. The van der Waals surface area contributed by atoms with Gasteiger partial charge in [-0.15, -0.1) is 0 Å². The van der Waals surface area contributed by atoms with Crippen molar-refractivity contribution in [1.29, 1.82) is 0 Å². The van der Waals surface area contributed by atoms with E-state index in [0.717, 1.165) is 35.5 Å². The quantitative estimate of drug-likeness (QED) is 0.277. The number of hydrogen-bond donors (Lipinski definition) is 0. The molecule has 134 valence electrons. The Kier molecular flexibility index (Phi) is 6.93. The Morgan fingerprint density at radius 2 is 1.92 bits per heavy atom. The van der Waals surface area contributed by atoms with Gasteiger partial charge < -0.3 is 4.74 Å². The summed E-state index contributed by atoms with van der Waals surface area (Å²) in [6, 6.07) is -0.500. The summed E-state index contributed by atoms with van der Waals surface area (Å²) < 4.78 is 4.99. The third kappa shape index (κ3) is 4.64. The lowest BCUT2D eigenvalue weighted by Gasteiger charge is -2.22. The molecule has 1 heterocycles. The monoisotopic (exact) mass is 337 g/mol. The van der Waals surface area contributed by atoms with E-state index in [9.17, 15) is 14.4 Å². The molecule has 0 unspecified atom stereocenters. The van der Waals surface area contributed by atoms with E-state index in [-0.39, 0.29) is 6.67 Å². The molecule has 0 bridgehead atoms. The number of rotatable bonds is 9. The molecule has 2 aliphatic rings. The minimum atomic E-state index is -0.726. The van der Waals surface area contributed by atoms with Gasteiger partial charge in [-0.3, -0.25) is 19.4 Å². The summed E-state index contributed by atoms with van der Waals surface area (Å²) in [6.45, 7) is 1.73. The molecule has 0 radical (unpaired) electrons. The van der Waals surface area contributed by atoms with Gasteiger partial charge in [-0.25, -0.2) is 9.69 Å². The van der Waals surface area contributed by atoms with Crippen LogP contribution in [-0.2, 0) is 14.3 Å². The lowest BCUT2D eigenvalue weighted by atomic mass is 9.97. The molecule has 0 aromatic heterocycles. The standard InChI is InChI=1S/C17H27N3O4/c1-18(10-6-12-24-2)13-20-16(22)15(21)19(17(20)23)11-9-14-7-4-3-5-8-14/h7H,3-6,8-13H2,1-2H3. The average molecular weight is 337 g/mol. The third-order valence-corrected chi connectivity index (χ3v) is 4.45. The molecule has 0 aromatic carbocycles. The van der Waals surface area contributed by atoms with Gasteiger partial charge in [0.2, 0.25) is 0 Å². The fraction of sp³-hybridized carbons (Fsp3) is 0.706. The van der Waals surface area contributed by atoms with Crippen molar-refractivity contribution in [3.8, 4) is 0 Å². The molecule has 1 aliphatic heterocycles. The van der Waals surface area contributed by atoms with E-state index in [0.29, 0.717) is 26.1 Å². The first-order chi connectivity index (χ1) is 11.5. The number of allylic oxidation sites excluding steroid dienone is 1. The summed E-state index contributed by atoms with van der Waals surface area (Å²) >= 11 is 0. The molecule has 0 spiro atoms. The summed E-state index contributed by atoms with van der Waals surface area (Å²) in [5.41, 5.74) is 1.28. The number of imide groups is 2. The molecule has 7 heteroatoms. The van der Waals surface area contributed by atoms with Crippen molar-refractivity contribution in [3.63, 3.8) is 0 Å². The van der Waals surface area contributed by atoms with Crippen LogP contribution in [0.15, 0.2) is 11.6 Å². The van der Waals surface area contributed by atoms with Gasteiger partial charge in [0.1, 0.15) is 0 Å². The van der Waals surface area contributed by atoms with Crippen molar-refractivity contribution in [2.24, 2.45) is 0 Å². The molecule has 1 aliphatic carbocycles. The highest BCUT2D eigenvalue weighted by atomic mass is 16.5. The van der Waals surface area contributed by atoms with Crippen molar-refractivity contribution in [1.82, 2.24) is 14.7 Å². The van der Waals surface area contributed by atoms with E-state index in [1.807, 2.05) is 11.9 Å². The van der Waals surface area contributed by atoms with Gasteiger partial charge in [0.15, 0.2) is 0 Å². The maximum Gasteiger partial charge on any atom is 0.335 e. The maximum absolute atomic E-state index is 12.4. The predicted octanol–water partition coefficient (Wildman–Crippen LogP) is 1.59. The first-order valence-electron chi connectivity index (χ1n) is 8.57. The molecule has 0 N–H and O–H groups in total. The zero-order chi connectivity index (χ0) is 17.5. The highest BCUT2D eigenvalue weighted by Crippen LogP contribution is 2.22. The smallest absolute Gasteiger partial charge is 0.335 e. The van der Waals surface area contributed by atoms with Crippen molar-refractivity contribution in [3.05, 3.63) is 11.6 Å². The number of urea groups is 1. The molecule has 1 fully saturated rings. The number of nitrogens with zero attached hydrogens (tertiary/aromatic N) is 3. The first kappa shape index (κ1) is 18.6. The fourth-order valence-corrected chi connectivity index (χ4v) is 3.05. The molecule has 2 rings (SSSR count). The normalized spacial score (nSPS) is 18.8. The van der Waals surface area contributed by atoms with Crippen LogP contribution in [-0.4, -0.2) is 73.1 Å².